The number of nitrogens with two attached hydrogens (primary N) is 3. The predicted octanol–water partition coefficient (Wildman–Crippen LogP) is -1.20. The average Bonchev–Trinajstić information content (AvgIpc) is 3.82. The molecule has 0 aliphatic heterocycles. The van der Waals surface area contributed by atoms with Crippen LogP contribution in [0.3, 0.4) is 0 Å². The van der Waals surface area contributed by atoms with Crippen molar-refractivity contribution in [3.05, 3.63) is 90.1 Å². The minimum Gasteiger partial charge on any atom is -0.481 e. The summed E-state index contributed by atoms with van der Waals surface area (Å²) >= 11 is 0. The highest BCUT2D eigenvalue weighted by Crippen LogP contribution is 2.19. The predicted molar refractivity (Wildman–Crippen MR) is 200 cm³/mol. The molecule has 0 radical (unpaired) electrons. The average molecular weight is 760 g/mol. The molecular formula is C36H45N11O8. The van der Waals surface area contributed by atoms with Crippen molar-refractivity contribution in [3.8, 4) is 0 Å². The number of carbonyl (C=O) groups is 6. The SMILES string of the molecule is NC(N)=NCCC[C@H](NC(=O)[C@@H](Cc1ccccc1)NC(=O)[C@H](Cc1cnc[nH]1)NC(=O)[C@@H](N)CC(=O)O)C(=O)N[C@@H](Cc1c[nH]c2ccccc12)C(=O)O. The Morgan fingerprint density at radius 2 is 1.36 bits per heavy atom. The first kappa shape index (κ1) is 41.0. The summed E-state index contributed by atoms with van der Waals surface area (Å²) in [6.07, 6.45) is 3.71. The van der Waals surface area contributed by atoms with Crippen molar-refractivity contribution in [3.63, 3.8) is 0 Å². The number of carbonyl (C=O) groups excluding carboxylic acids is 4. The van der Waals surface area contributed by atoms with Crippen molar-refractivity contribution in [2.24, 2.45) is 22.2 Å². The van der Waals surface area contributed by atoms with Crippen LogP contribution in [0.2, 0.25) is 0 Å². The second-order valence-corrected chi connectivity index (χ2v) is 12.8. The molecule has 0 aliphatic carbocycles. The number of imidazole rings is 1. The summed E-state index contributed by atoms with van der Waals surface area (Å²) < 4.78 is 0. The normalized spacial score (nSPS) is 13.7. The van der Waals surface area contributed by atoms with Gasteiger partial charge in [0.2, 0.25) is 23.6 Å². The number of nitrogens with one attached hydrogen (secondary N) is 6. The summed E-state index contributed by atoms with van der Waals surface area (Å²) in [5.41, 5.74) is 19.2. The standard InChI is InChI=1S/C36H45N11O8/c37-24(16-30(48)49)31(50)45-28(15-22-18-40-19-43-22)34(53)46-27(13-20-7-2-1-3-8-20)33(52)44-26(11-6-12-41-36(38)39)32(51)47-29(35(54)55)14-21-17-42-25-10-5-4-9-23(21)25/h1-5,7-10,17-19,24,26-29,42H,6,11-16,37H2,(H,40,43)(H,44,52)(H,45,50)(H,46,53)(H,47,51)(H,48,49)(H,54,55)(H4,38,39,41)/t24-,26-,27+,28-,29-/m0/s1. The highest BCUT2D eigenvalue weighted by atomic mass is 16.4. The molecule has 19 heteroatoms. The number of para-hydroxylation sites is 1. The number of amides is 4. The second-order valence-electron chi connectivity index (χ2n) is 12.8. The lowest BCUT2D eigenvalue weighted by Crippen LogP contribution is -2.59. The summed E-state index contributed by atoms with van der Waals surface area (Å²) in [5, 5.41) is 30.3. The number of guanidine groups is 1. The maximum atomic E-state index is 14.1. The Bertz CT molecular complexity index is 1960. The number of benzene rings is 2. The molecule has 0 aliphatic rings. The van der Waals surface area contributed by atoms with E-state index in [2.05, 4.69) is 41.2 Å². The number of carboxylic acids is 2. The van der Waals surface area contributed by atoms with Crippen molar-refractivity contribution in [1.29, 1.82) is 0 Å². The number of aliphatic imine (C=N–C) groups is 1. The molecule has 0 fully saturated rings. The van der Waals surface area contributed by atoms with Crippen molar-refractivity contribution < 1.29 is 39.0 Å². The Labute approximate surface area is 314 Å². The minimum atomic E-state index is -1.47. The number of aliphatic carboxylic acids is 2. The molecule has 2 aromatic heterocycles. The zero-order chi connectivity index (χ0) is 39.9. The fraction of sp³-hybridized carbons (Fsp3) is 0.333. The van der Waals surface area contributed by atoms with E-state index in [9.17, 15) is 33.9 Å². The van der Waals surface area contributed by atoms with E-state index in [4.69, 9.17) is 22.3 Å². The Kier molecular flexibility index (Phi) is 14.8. The molecule has 0 unspecified atom stereocenters. The van der Waals surface area contributed by atoms with Crippen LogP contribution in [0.15, 0.2) is 78.3 Å². The van der Waals surface area contributed by atoms with E-state index in [1.807, 2.05) is 24.3 Å². The van der Waals surface area contributed by atoms with Gasteiger partial charge in [-0.2, -0.15) is 0 Å². The molecule has 14 N–H and O–H groups in total. The fourth-order valence-electron chi connectivity index (χ4n) is 5.75. The van der Waals surface area contributed by atoms with Gasteiger partial charge in [0, 0.05) is 54.8 Å². The highest BCUT2D eigenvalue weighted by Gasteiger charge is 2.33. The number of hydrogen-bond donors (Lipinski definition) is 11. The number of H-pyrrole nitrogens is 2. The quantitative estimate of drug-likeness (QED) is 0.0271. The van der Waals surface area contributed by atoms with E-state index >= 15 is 0 Å². The van der Waals surface area contributed by atoms with E-state index in [-0.39, 0.29) is 44.6 Å². The van der Waals surface area contributed by atoms with E-state index in [0.717, 1.165) is 10.9 Å². The molecule has 4 aromatic rings. The Balaban J connectivity index is 1.57. The van der Waals surface area contributed by atoms with Gasteiger partial charge in [-0.25, -0.2) is 9.78 Å². The van der Waals surface area contributed by atoms with E-state index in [1.165, 1.54) is 12.5 Å². The monoisotopic (exact) mass is 759 g/mol. The first-order chi connectivity index (χ1) is 26.3. The summed E-state index contributed by atoms with van der Waals surface area (Å²) in [6.45, 7) is 0.100. The summed E-state index contributed by atoms with van der Waals surface area (Å²) in [5.74, 6) is -6.12. The van der Waals surface area contributed by atoms with Crippen LogP contribution in [0.5, 0.6) is 0 Å². The first-order valence-electron chi connectivity index (χ1n) is 17.3. The zero-order valence-corrected chi connectivity index (χ0v) is 29.7. The molecule has 2 aromatic carbocycles. The van der Waals surface area contributed by atoms with Crippen LogP contribution in [0.25, 0.3) is 10.9 Å². The molecule has 292 valence electrons. The van der Waals surface area contributed by atoms with Gasteiger partial charge in [-0.15, -0.1) is 0 Å². The van der Waals surface area contributed by atoms with E-state index in [0.29, 0.717) is 16.8 Å². The van der Waals surface area contributed by atoms with Crippen molar-refractivity contribution >= 4 is 52.4 Å². The fourth-order valence-corrected chi connectivity index (χ4v) is 5.75. The number of aromatic amines is 2. The number of aromatic nitrogens is 3. The van der Waals surface area contributed by atoms with Crippen LogP contribution < -0.4 is 38.5 Å². The van der Waals surface area contributed by atoms with Gasteiger partial charge in [0.05, 0.1) is 18.8 Å². The van der Waals surface area contributed by atoms with Crippen LogP contribution in [0.1, 0.15) is 36.1 Å². The molecule has 0 spiro atoms. The Morgan fingerprint density at radius 1 is 0.745 bits per heavy atom. The lowest BCUT2D eigenvalue weighted by Gasteiger charge is -2.26. The Morgan fingerprint density at radius 3 is 2.02 bits per heavy atom. The van der Waals surface area contributed by atoms with Gasteiger partial charge in [0.15, 0.2) is 5.96 Å². The maximum Gasteiger partial charge on any atom is 0.326 e. The van der Waals surface area contributed by atoms with Crippen LogP contribution in [0.4, 0.5) is 0 Å². The van der Waals surface area contributed by atoms with Gasteiger partial charge in [0.1, 0.15) is 24.2 Å². The summed E-state index contributed by atoms with van der Waals surface area (Å²) in [4.78, 5) is 91.8. The second kappa shape index (κ2) is 19.9. The van der Waals surface area contributed by atoms with Crippen LogP contribution in [0, 0.1) is 0 Å². The first-order valence-corrected chi connectivity index (χ1v) is 17.3. The maximum absolute atomic E-state index is 14.1. The van der Waals surface area contributed by atoms with Crippen LogP contribution in [-0.4, -0.2) is 103 Å². The lowest BCUT2D eigenvalue weighted by molar-refractivity contribution is -0.142. The smallest absolute Gasteiger partial charge is 0.326 e. The zero-order valence-electron chi connectivity index (χ0n) is 29.7. The number of nitrogens with zero attached hydrogens (tertiary/aromatic N) is 2. The third-order valence-electron chi connectivity index (χ3n) is 8.55. The van der Waals surface area contributed by atoms with E-state index in [1.54, 1.807) is 36.5 Å². The summed E-state index contributed by atoms with van der Waals surface area (Å²) in [7, 11) is 0. The number of rotatable bonds is 21. The molecule has 0 bridgehead atoms. The van der Waals surface area contributed by atoms with Gasteiger partial charge in [-0.3, -0.25) is 29.0 Å². The lowest BCUT2D eigenvalue weighted by atomic mass is 10.0. The molecular weight excluding hydrogens is 714 g/mol. The molecule has 4 amide bonds. The molecule has 19 nitrogen and oxygen atoms in total. The number of fused-ring (bicyclic) bond motifs is 1. The largest absolute Gasteiger partial charge is 0.481 e. The van der Waals surface area contributed by atoms with Crippen molar-refractivity contribution in [1.82, 2.24) is 36.2 Å². The van der Waals surface area contributed by atoms with Crippen LogP contribution >= 0.6 is 0 Å². The van der Waals surface area contributed by atoms with Gasteiger partial charge in [-0.05, 0) is 30.0 Å². The van der Waals surface area contributed by atoms with Crippen LogP contribution in [-0.2, 0) is 48.0 Å². The van der Waals surface area contributed by atoms with Crippen molar-refractivity contribution in [2.45, 2.75) is 68.7 Å². The third kappa shape index (κ3) is 12.7. The molecule has 55 heavy (non-hydrogen) atoms. The molecule has 0 saturated carbocycles. The van der Waals surface area contributed by atoms with Gasteiger partial charge < -0.3 is 58.6 Å². The summed E-state index contributed by atoms with van der Waals surface area (Å²) in [6, 6.07) is 9.18. The Hall–Kier alpha value is -6.76. The number of carboxylic acid groups (broad SMARTS) is 2. The molecule has 5 atom stereocenters. The number of hydrogen-bond acceptors (Lipinski definition) is 9. The molecule has 0 saturated heterocycles. The van der Waals surface area contributed by atoms with Gasteiger partial charge in [0.25, 0.3) is 0 Å². The van der Waals surface area contributed by atoms with Gasteiger partial charge in [-0.1, -0.05) is 48.5 Å². The third-order valence-corrected chi connectivity index (χ3v) is 8.55. The topological polar surface area (TPSA) is 326 Å². The minimum absolute atomic E-state index is 0.0141. The molecule has 4 rings (SSSR count). The highest BCUT2D eigenvalue weighted by molar-refractivity contribution is 5.96. The van der Waals surface area contributed by atoms with E-state index < -0.39 is 72.2 Å². The molecule has 2 heterocycles. The van der Waals surface area contributed by atoms with Crippen molar-refractivity contribution in [2.75, 3.05) is 6.54 Å². The van der Waals surface area contributed by atoms with Gasteiger partial charge >= 0.3 is 11.9 Å².